The standard InChI is InChI=1S/C62H104NO8P/c1-6-8-10-12-14-16-18-20-22-24-25-26-27-28-29-30-31-32-33-34-35-36-37-39-41-43-45-47-49-51-53-55-62(65)71-60(59-70-72(66,67)69-57-56-63(3,4)5)58-68-61(64)54-52-50-48-46-44-42-40-38-23-21-19-17-15-13-11-9-7-2/h8,10,14,16,20-23,25-26,28-29,31-32,34-35,37,39,43,45,60H,6-7,9,11-13,15,17-19,24,27,30,33,36,38,40-42,44,46-59H2,1-5H3/p+1/b10-8-,16-14-,22-20-,23-21-,26-25-,29-28-,32-31-,35-34-,39-37-,45-43-. The van der Waals surface area contributed by atoms with Crippen molar-refractivity contribution in [2.75, 3.05) is 47.5 Å². The van der Waals surface area contributed by atoms with Crippen LogP contribution in [0, 0.1) is 0 Å². The summed E-state index contributed by atoms with van der Waals surface area (Å²) in [6.07, 6.45) is 74.0. The van der Waals surface area contributed by atoms with Gasteiger partial charge in [0.1, 0.15) is 19.8 Å². The van der Waals surface area contributed by atoms with Crippen LogP contribution in [0.3, 0.4) is 0 Å². The summed E-state index contributed by atoms with van der Waals surface area (Å²) in [6, 6.07) is 0. The highest BCUT2D eigenvalue weighted by Crippen LogP contribution is 2.43. The minimum absolute atomic E-state index is 0.0176. The third-order valence-electron chi connectivity index (χ3n) is 11.5. The Balaban J connectivity index is 4.31. The lowest BCUT2D eigenvalue weighted by atomic mass is 10.1. The predicted octanol–water partition coefficient (Wildman–Crippen LogP) is 17.6. The van der Waals surface area contributed by atoms with Gasteiger partial charge in [-0.25, -0.2) is 4.57 Å². The largest absolute Gasteiger partial charge is 0.472 e. The van der Waals surface area contributed by atoms with Gasteiger partial charge < -0.3 is 18.9 Å². The maximum Gasteiger partial charge on any atom is 0.472 e. The Morgan fingerprint density at radius 2 is 0.792 bits per heavy atom. The molecule has 2 unspecified atom stereocenters. The Bertz CT molecular complexity index is 1630. The molecule has 0 aromatic carbocycles. The number of allylic oxidation sites excluding steroid dienone is 20. The van der Waals surface area contributed by atoms with E-state index in [4.69, 9.17) is 18.5 Å². The molecule has 10 heteroatoms. The second-order valence-electron chi connectivity index (χ2n) is 19.6. The number of likely N-dealkylation sites (N-methyl/N-ethyl adjacent to an activating group) is 1. The summed E-state index contributed by atoms with van der Waals surface area (Å²) >= 11 is 0. The summed E-state index contributed by atoms with van der Waals surface area (Å²) in [4.78, 5) is 35.6. The van der Waals surface area contributed by atoms with Crippen molar-refractivity contribution in [3.8, 4) is 0 Å². The second kappa shape index (κ2) is 52.3. The molecule has 0 saturated carbocycles. The fraction of sp³-hybridized carbons (Fsp3) is 0.645. The zero-order chi connectivity index (χ0) is 52.7. The molecular formula is C62H105NO8P+. The molecule has 0 rings (SSSR count). The molecule has 0 aliphatic heterocycles. The van der Waals surface area contributed by atoms with E-state index in [9.17, 15) is 19.0 Å². The minimum atomic E-state index is -4.40. The van der Waals surface area contributed by atoms with Gasteiger partial charge in [0.2, 0.25) is 0 Å². The molecule has 0 bridgehead atoms. The number of carbonyl (C=O) groups excluding carboxylic acids is 2. The van der Waals surface area contributed by atoms with Gasteiger partial charge in [-0.15, -0.1) is 0 Å². The molecule has 0 amide bonds. The average Bonchev–Trinajstić information content (AvgIpc) is 3.34. The molecule has 410 valence electrons. The van der Waals surface area contributed by atoms with Crippen LogP contribution in [0.15, 0.2) is 122 Å². The third kappa shape index (κ3) is 55.7. The smallest absolute Gasteiger partial charge is 0.462 e. The van der Waals surface area contributed by atoms with Crippen molar-refractivity contribution in [3.63, 3.8) is 0 Å². The number of ether oxygens (including phenoxy) is 2. The molecule has 0 spiro atoms. The van der Waals surface area contributed by atoms with Gasteiger partial charge in [-0.3, -0.25) is 18.6 Å². The number of rotatable bonds is 50. The molecule has 0 fully saturated rings. The van der Waals surface area contributed by atoms with Crippen molar-refractivity contribution in [1.29, 1.82) is 0 Å². The molecule has 72 heavy (non-hydrogen) atoms. The molecule has 2 atom stereocenters. The Labute approximate surface area is 441 Å². The quantitative estimate of drug-likeness (QED) is 0.0211. The number of phosphoric acid groups is 1. The van der Waals surface area contributed by atoms with Gasteiger partial charge in [0.15, 0.2) is 6.10 Å². The van der Waals surface area contributed by atoms with Gasteiger partial charge in [-0.05, 0) is 109 Å². The van der Waals surface area contributed by atoms with E-state index in [1.165, 1.54) is 64.2 Å². The topological polar surface area (TPSA) is 108 Å². The Morgan fingerprint density at radius 1 is 0.444 bits per heavy atom. The lowest BCUT2D eigenvalue weighted by Crippen LogP contribution is -2.37. The van der Waals surface area contributed by atoms with Gasteiger partial charge in [-0.1, -0.05) is 206 Å². The minimum Gasteiger partial charge on any atom is -0.462 e. The summed E-state index contributed by atoms with van der Waals surface area (Å²) < 4.78 is 34.5. The molecule has 1 N–H and O–H groups in total. The van der Waals surface area contributed by atoms with Crippen LogP contribution in [-0.2, 0) is 32.7 Å². The first-order chi connectivity index (χ1) is 35.0. The molecule has 0 aromatic rings. The molecular weight excluding hydrogens is 918 g/mol. The first-order valence-corrected chi connectivity index (χ1v) is 29.8. The SMILES string of the molecule is CC/C=C\C/C=C\C/C=C\C/C=C\C/C=C\C/C=C\C/C=C\C/C=C\C/C=C\CCCCCC(=O)OC(COC(=O)CCCCCCCCC/C=C\CCCCCCCC)COP(=O)(O)OCC[N+](C)(C)C. The van der Waals surface area contributed by atoms with Crippen LogP contribution in [0.4, 0.5) is 0 Å². The van der Waals surface area contributed by atoms with E-state index in [-0.39, 0.29) is 32.0 Å². The van der Waals surface area contributed by atoms with E-state index < -0.39 is 26.5 Å². The van der Waals surface area contributed by atoms with Gasteiger partial charge in [-0.2, -0.15) is 0 Å². The molecule has 0 aliphatic rings. The fourth-order valence-electron chi connectivity index (χ4n) is 7.12. The maximum atomic E-state index is 12.8. The second-order valence-corrected chi connectivity index (χ2v) is 21.0. The van der Waals surface area contributed by atoms with E-state index in [1.54, 1.807) is 0 Å². The first-order valence-electron chi connectivity index (χ1n) is 28.3. The molecule has 0 saturated heterocycles. The lowest BCUT2D eigenvalue weighted by Gasteiger charge is -2.24. The summed E-state index contributed by atoms with van der Waals surface area (Å²) in [6.45, 7) is 4.25. The van der Waals surface area contributed by atoms with E-state index in [0.717, 1.165) is 109 Å². The monoisotopic (exact) mass is 1020 g/mol. The van der Waals surface area contributed by atoms with Crippen LogP contribution in [0.2, 0.25) is 0 Å². The molecule has 0 radical (unpaired) electrons. The van der Waals surface area contributed by atoms with Crippen molar-refractivity contribution in [2.24, 2.45) is 0 Å². The number of esters is 2. The van der Waals surface area contributed by atoms with Gasteiger partial charge in [0.25, 0.3) is 0 Å². The van der Waals surface area contributed by atoms with Crippen LogP contribution in [0.5, 0.6) is 0 Å². The number of hydrogen-bond acceptors (Lipinski definition) is 7. The number of carbonyl (C=O) groups is 2. The maximum absolute atomic E-state index is 12.8. The average molecular weight is 1020 g/mol. The summed E-state index contributed by atoms with van der Waals surface area (Å²) in [5.74, 6) is -0.849. The van der Waals surface area contributed by atoms with Crippen LogP contribution < -0.4 is 0 Å². The highest BCUT2D eigenvalue weighted by atomic mass is 31.2. The van der Waals surface area contributed by atoms with E-state index in [1.807, 2.05) is 21.1 Å². The summed E-state index contributed by atoms with van der Waals surface area (Å²) in [5.41, 5.74) is 0. The number of quaternary nitrogens is 1. The van der Waals surface area contributed by atoms with Crippen LogP contribution in [-0.4, -0.2) is 74.9 Å². The fourth-order valence-corrected chi connectivity index (χ4v) is 7.86. The van der Waals surface area contributed by atoms with Crippen molar-refractivity contribution in [1.82, 2.24) is 0 Å². The van der Waals surface area contributed by atoms with Gasteiger partial charge >= 0.3 is 19.8 Å². The number of phosphoric ester groups is 1. The normalized spacial score (nSPS) is 14.2. The molecule has 9 nitrogen and oxygen atoms in total. The Kier molecular flexibility index (Phi) is 49.7. The molecule has 0 heterocycles. The summed E-state index contributed by atoms with van der Waals surface area (Å²) in [7, 11) is 1.43. The zero-order valence-electron chi connectivity index (χ0n) is 46.4. The number of unbranched alkanes of at least 4 members (excludes halogenated alkanes) is 16. The lowest BCUT2D eigenvalue weighted by molar-refractivity contribution is -0.870. The van der Waals surface area contributed by atoms with E-state index >= 15 is 0 Å². The highest BCUT2D eigenvalue weighted by Gasteiger charge is 2.27. The van der Waals surface area contributed by atoms with Crippen molar-refractivity contribution >= 4 is 19.8 Å². The third-order valence-corrected chi connectivity index (χ3v) is 12.5. The van der Waals surface area contributed by atoms with Crippen LogP contribution in [0.1, 0.15) is 206 Å². The number of nitrogens with zero attached hydrogens (tertiary/aromatic N) is 1. The van der Waals surface area contributed by atoms with E-state index in [2.05, 4.69) is 135 Å². The van der Waals surface area contributed by atoms with Gasteiger partial charge in [0, 0.05) is 12.8 Å². The number of hydrogen-bond donors (Lipinski definition) is 1. The zero-order valence-corrected chi connectivity index (χ0v) is 47.3. The molecule has 0 aromatic heterocycles. The van der Waals surface area contributed by atoms with Crippen molar-refractivity contribution in [3.05, 3.63) is 122 Å². The van der Waals surface area contributed by atoms with E-state index in [0.29, 0.717) is 17.4 Å². The molecule has 0 aliphatic carbocycles. The summed E-state index contributed by atoms with van der Waals surface area (Å²) in [5, 5.41) is 0. The van der Waals surface area contributed by atoms with Gasteiger partial charge in [0.05, 0.1) is 27.7 Å². The Morgan fingerprint density at radius 3 is 1.21 bits per heavy atom. The Hall–Kier alpha value is -3.59. The highest BCUT2D eigenvalue weighted by molar-refractivity contribution is 7.47. The van der Waals surface area contributed by atoms with Crippen LogP contribution >= 0.6 is 7.82 Å². The first kappa shape index (κ1) is 68.4. The predicted molar refractivity (Wildman–Crippen MR) is 307 cm³/mol. The van der Waals surface area contributed by atoms with Crippen molar-refractivity contribution < 1.29 is 42.1 Å². The van der Waals surface area contributed by atoms with Crippen LogP contribution in [0.25, 0.3) is 0 Å². The van der Waals surface area contributed by atoms with Crippen molar-refractivity contribution in [2.45, 2.75) is 213 Å².